The molecule has 0 fully saturated rings. The predicted octanol–water partition coefficient (Wildman–Crippen LogP) is 4.72. The first-order valence-corrected chi connectivity index (χ1v) is 8.02. The van der Waals surface area contributed by atoms with Crippen LogP contribution in [0.15, 0.2) is 40.9 Å². The standard InChI is InChI=1S/C18H23BrN2/c1-12-7-13(2)9-17(8-12)21(4)16-6-5-15(10-14(3)20)18(19)11-16/h5-9,11,14H,10,20H2,1-4H3. The zero-order valence-electron chi connectivity index (χ0n) is 13.2. The Kier molecular flexibility index (Phi) is 5.07. The number of nitrogens with two attached hydrogens (primary N) is 1. The molecule has 2 nitrogen and oxygen atoms in total. The van der Waals surface area contributed by atoms with Crippen molar-refractivity contribution in [3.8, 4) is 0 Å². The van der Waals surface area contributed by atoms with Crippen molar-refractivity contribution >= 4 is 27.3 Å². The Labute approximate surface area is 136 Å². The minimum absolute atomic E-state index is 0.171. The third kappa shape index (κ3) is 4.08. The van der Waals surface area contributed by atoms with Gasteiger partial charge in [0, 0.05) is 28.9 Å². The quantitative estimate of drug-likeness (QED) is 0.867. The fourth-order valence-electron chi connectivity index (χ4n) is 2.55. The van der Waals surface area contributed by atoms with Gasteiger partial charge in [-0.1, -0.05) is 28.1 Å². The van der Waals surface area contributed by atoms with Crippen LogP contribution in [0.4, 0.5) is 11.4 Å². The molecule has 2 N–H and O–H groups in total. The van der Waals surface area contributed by atoms with Gasteiger partial charge in [-0.15, -0.1) is 0 Å². The topological polar surface area (TPSA) is 29.3 Å². The molecule has 0 aromatic heterocycles. The van der Waals surface area contributed by atoms with Crippen LogP contribution >= 0.6 is 15.9 Å². The number of benzene rings is 2. The summed E-state index contributed by atoms with van der Waals surface area (Å²) in [5.74, 6) is 0. The van der Waals surface area contributed by atoms with Gasteiger partial charge < -0.3 is 10.6 Å². The summed E-state index contributed by atoms with van der Waals surface area (Å²) in [6.07, 6.45) is 0.883. The predicted molar refractivity (Wildman–Crippen MR) is 95.5 cm³/mol. The molecule has 0 amide bonds. The molecule has 0 saturated carbocycles. The van der Waals surface area contributed by atoms with Gasteiger partial charge in [-0.2, -0.15) is 0 Å². The van der Waals surface area contributed by atoms with E-state index >= 15 is 0 Å². The lowest BCUT2D eigenvalue weighted by Crippen LogP contribution is -2.18. The summed E-state index contributed by atoms with van der Waals surface area (Å²) in [4.78, 5) is 2.21. The normalized spacial score (nSPS) is 12.3. The lowest BCUT2D eigenvalue weighted by atomic mass is 10.1. The fraction of sp³-hybridized carbons (Fsp3) is 0.333. The number of hydrogen-bond donors (Lipinski definition) is 1. The Morgan fingerprint density at radius 2 is 1.67 bits per heavy atom. The van der Waals surface area contributed by atoms with Crippen molar-refractivity contribution in [1.82, 2.24) is 0 Å². The highest BCUT2D eigenvalue weighted by Crippen LogP contribution is 2.29. The van der Waals surface area contributed by atoms with Gasteiger partial charge in [-0.3, -0.25) is 0 Å². The van der Waals surface area contributed by atoms with E-state index in [9.17, 15) is 0 Å². The molecule has 1 atom stereocenters. The molecule has 2 rings (SSSR count). The summed E-state index contributed by atoms with van der Waals surface area (Å²) in [7, 11) is 2.10. The summed E-state index contributed by atoms with van der Waals surface area (Å²) < 4.78 is 1.12. The van der Waals surface area contributed by atoms with Crippen LogP contribution in [0.1, 0.15) is 23.6 Å². The molecule has 0 bridgehead atoms. The molecule has 0 aliphatic heterocycles. The second kappa shape index (κ2) is 6.63. The first kappa shape index (κ1) is 16.1. The van der Waals surface area contributed by atoms with E-state index in [0.717, 1.165) is 10.9 Å². The first-order chi connectivity index (χ1) is 9.86. The number of rotatable bonds is 4. The minimum atomic E-state index is 0.171. The van der Waals surface area contributed by atoms with Gasteiger partial charge in [0.1, 0.15) is 0 Å². The largest absolute Gasteiger partial charge is 0.345 e. The fourth-order valence-corrected chi connectivity index (χ4v) is 3.08. The molecule has 2 aromatic carbocycles. The molecule has 112 valence electrons. The van der Waals surface area contributed by atoms with E-state index in [1.54, 1.807) is 0 Å². The second-order valence-electron chi connectivity index (χ2n) is 5.86. The van der Waals surface area contributed by atoms with Crippen molar-refractivity contribution in [2.24, 2.45) is 5.73 Å². The smallest absolute Gasteiger partial charge is 0.0419 e. The summed E-state index contributed by atoms with van der Waals surface area (Å²) in [5, 5.41) is 0. The lowest BCUT2D eigenvalue weighted by molar-refractivity contribution is 0.736. The number of hydrogen-bond acceptors (Lipinski definition) is 2. The number of aryl methyl sites for hydroxylation is 2. The molecular weight excluding hydrogens is 324 g/mol. The molecule has 0 radical (unpaired) electrons. The summed E-state index contributed by atoms with van der Waals surface area (Å²) >= 11 is 3.66. The van der Waals surface area contributed by atoms with Crippen LogP contribution in [0.3, 0.4) is 0 Å². The van der Waals surface area contributed by atoms with E-state index < -0.39 is 0 Å². The second-order valence-corrected chi connectivity index (χ2v) is 6.72. The van der Waals surface area contributed by atoms with Crippen molar-refractivity contribution in [2.75, 3.05) is 11.9 Å². The van der Waals surface area contributed by atoms with Gasteiger partial charge in [0.2, 0.25) is 0 Å². The highest BCUT2D eigenvalue weighted by Gasteiger charge is 2.09. The zero-order valence-corrected chi connectivity index (χ0v) is 14.7. The highest BCUT2D eigenvalue weighted by atomic mass is 79.9. The lowest BCUT2D eigenvalue weighted by Gasteiger charge is -2.22. The molecule has 3 heteroatoms. The number of nitrogens with zero attached hydrogens (tertiary/aromatic N) is 1. The van der Waals surface area contributed by atoms with Crippen LogP contribution in [-0.2, 0) is 6.42 Å². The Morgan fingerprint density at radius 3 is 2.19 bits per heavy atom. The van der Waals surface area contributed by atoms with Crippen LogP contribution in [0.2, 0.25) is 0 Å². The average Bonchev–Trinajstić information content (AvgIpc) is 2.38. The third-order valence-corrected chi connectivity index (χ3v) is 4.30. The minimum Gasteiger partial charge on any atom is -0.345 e. The summed E-state index contributed by atoms with van der Waals surface area (Å²) in [6.45, 7) is 6.29. The zero-order chi connectivity index (χ0) is 15.6. The van der Waals surface area contributed by atoms with Crippen LogP contribution in [0.25, 0.3) is 0 Å². The molecule has 0 spiro atoms. The molecule has 0 aliphatic rings. The maximum atomic E-state index is 5.88. The molecule has 0 aliphatic carbocycles. The highest BCUT2D eigenvalue weighted by molar-refractivity contribution is 9.10. The average molecular weight is 347 g/mol. The van der Waals surface area contributed by atoms with Crippen molar-refractivity contribution < 1.29 is 0 Å². The molecule has 0 heterocycles. The van der Waals surface area contributed by atoms with Crippen molar-refractivity contribution in [1.29, 1.82) is 0 Å². The van der Waals surface area contributed by atoms with Crippen LogP contribution in [-0.4, -0.2) is 13.1 Å². The Balaban J connectivity index is 2.31. The van der Waals surface area contributed by atoms with Crippen LogP contribution in [0.5, 0.6) is 0 Å². The van der Waals surface area contributed by atoms with E-state index in [1.165, 1.54) is 28.1 Å². The molecule has 1 unspecified atom stereocenters. The molecule has 21 heavy (non-hydrogen) atoms. The number of halogens is 1. The van der Waals surface area contributed by atoms with Gasteiger partial charge in [0.25, 0.3) is 0 Å². The Morgan fingerprint density at radius 1 is 1.05 bits per heavy atom. The van der Waals surface area contributed by atoms with Crippen molar-refractivity contribution in [2.45, 2.75) is 33.2 Å². The molecule has 2 aromatic rings. The van der Waals surface area contributed by atoms with E-state index in [0.29, 0.717) is 0 Å². The molecule has 0 saturated heterocycles. The summed E-state index contributed by atoms with van der Waals surface area (Å²) in [5.41, 5.74) is 12.1. The van der Waals surface area contributed by atoms with Crippen LogP contribution < -0.4 is 10.6 Å². The monoisotopic (exact) mass is 346 g/mol. The van der Waals surface area contributed by atoms with Gasteiger partial charge in [-0.25, -0.2) is 0 Å². The van der Waals surface area contributed by atoms with Gasteiger partial charge >= 0.3 is 0 Å². The maximum Gasteiger partial charge on any atom is 0.0419 e. The van der Waals surface area contributed by atoms with Gasteiger partial charge in [0.05, 0.1) is 0 Å². The van der Waals surface area contributed by atoms with Gasteiger partial charge in [0.15, 0.2) is 0 Å². The van der Waals surface area contributed by atoms with Gasteiger partial charge in [-0.05, 0) is 68.1 Å². The Bertz CT molecular complexity index is 615. The molecular formula is C18H23BrN2. The maximum absolute atomic E-state index is 5.88. The van der Waals surface area contributed by atoms with E-state index in [1.807, 2.05) is 6.92 Å². The Hall–Kier alpha value is -1.32. The summed E-state index contributed by atoms with van der Waals surface area (Å²) in [6, 6.07) is 13.2. The SMILES string of the molecule is Cc1cc(C)cc(N(C)c2ccc(CC(C)N)c(Br)c2)c1. The van der Waals surface area contributed by atoms with E-state index in [-0.39, 0.29) is 6.04 Å². The van der Waals surface area contributed by atoms with Crippen molar-refractivity contribution in [3.05, 3.63) is 57.6 Å². The number of anilines is 2. The van der Waals surface area contributed by atoms with Crippen LogP contribution in [0, 0.1) is 13.8 Å². The van der Waals surface area contributed by atoms with E-state index in [4.69, 9.17) is 5.73 Å². The van der Waals surface area contributed by atoms with E-state index in [2.05, 4.69) is 78.1 Å². The van der Waals surface area contributed by atoms with Crippen molar-refractivity contribution in [3.63, 3.8) is 0 Å². The first-order valence-electron chi connectivity index (χ1n) is 7.23. The third-order valence-electron chi connectivity index (χ3n) is 3.56.